The van der Waals surface area contributed by atoms with Crippen LogP contribution < -0.4 is 5.32 Å². The first-order valence-electron chi connectivity index (χ1n) is 3.50. The van der Waals surface area contributed by atoms with Gasteiger partial charge in [-0.05, 0) is 0 Å². The minimum absolute atomic E-state index is 0.167. The Kier molecular flexibility index (Phi) is 6.21. The molecular weight excluding hydrogens is 210 g/mol. The van der Waals surface area contributed by atoms with Crippen molar-refractivity contribution >= 4 is 29.6 Å². The first-order chi connectivity index (χ1) is 6.52. The number of carbonyl (C=O) groups excluding carboxylic acids is 1. The summed E-state index contributed by atoms with van der Waals surface area (Å²) in [6, 6.07) is 0. The van der Waals surface area contributed by atoms with Gasteiger partial charge in [0.1, 0.15) is 0 Å². The van der Waals surface area contributed by atoms with Gasteiger partial charge in [-0.1, -0.05) is 0 Å². The average Bonchev–Trinajstić information content (AvgIpc) is 2.53. The van der Waals surface area contributed by atoms with E-state index in [1.54, 1.807) is 11.8 Å². The number of aliphatic carboxylic acids is 2. The summed E-state index contributed by atoms with van der Waals surface area (Å²) in [4.78, 5) is 29.2. The summed E-state index contributed by atoms with van der Waals surface area (Å²) in [5.41, 5.74) is 0. The Morgan fingerprint density at radius 2 is 1.79 bits per heavy atom. The highest BCUT2D eigenvalue weighted by molar-refractivity contribution is 8.00. The van der Waals surface area contributed by atoms with E-state index in [0.29, 0.717) is 17.9 Å². The van der Waals surface area contributed by atoms with Gasteiger partial charge in [-0.25, -0.2) is 9.59 Å². The van der Waals surface area contributed by atoms with Crippen molar-refractivity contribution in [1.82, 2.24) is 5.32 Å². The van der Waals surface area contributed by atoms with Gasteiger partial charge in [-0.2, -0.15) is 0 Å². The second-order valence-corrected chi connectivity index (χ2v) is 3.09. The van der Waals surface area contributed by atoms with Crippen molar-refractivity contribution in [2.24, 2.45) is 0 Å². The minimum atomic E-state index is -1.26. The molecule has 0 aromatic heterocycles. The zero-order chi connectivity index (χ0) is 11.0. The second-order valence-electron chi connectivity index (χ2n) is 2.10. The molecule has 1 aliphatic heterocycles. The molecule has 78 valence electrons. The molecule has 1 amide bonds. The van der Waals surface area contributed by atoms with E-state index in [9.17, 15) is 14.4 Å². The zero-order valence-electron chi connectivity index (χ0n) is 7.10. The van der Waals surface area contributed by atoms with Crippen LogP contribution in [0.1, 0.15) is 0 Å². The van der Waals surface area contributed by atoms with Crippen molar-refractivity contribution in [2.45, 2.75) is 0 Å². The van der Waals surface area contributed by atoms with E-state index in [0.717, 1.165) is 5.88 Å². The number of carboxylic acids is 2. The molecule has 3 N–H and O–H groups in total. The lowest BCUT2D eigenvalue weighted by Gasteiger charge is -1.78. The molecule has 0 radical (unpaired) electrons. The van der Waals surface area contributed by atoms with E-state index in [1.165, 1.54) is 0 Å². The van der Waals surface area contributed by atoms with Crippen LogP contribution in [0.3, 0.4) is 0 Å². The average molecular weight is 219 g/mol. The highest BCUT2D eigenvalue weighted by Crippen LogP contribution is 2.01. The van der Waals surface area contributed by atoms with Crippen LogP contribution in [-0.2, 0) is 14.4 Å². The Morgan fingerprint density at radius 3 is 1.93 bits per heavy atom. The fraction of sp³-hybridized carbons (Fsp3) is 0.286. The Bertz CT molecular complexity index is 239. The lowest BCUT2D eigenvalue weighted by molar-refractivity contribution is -0.134. The van der Waals surface area contributed by atoms with Crippen LogP contribution in [0.25, 0.3) is 0 Å². The predicted octanol–water partition coefficient (Wildman–Crippen LogP) is -0.481. The molecule has 0 aromatic rings. The largest absolute Gasteiger partial charge is 0.478 e. The number of carboxylic acid groups (broad SMARTS) is 2. The number of nitrogens with one attached hydrogen (secondary N) is 1. The molecule has 1 rings (SSSR count). The molecule has 1 aliphatic rings. The third-order valence-corrected chi connectivity index (χ3v) is 1.79. The topological polar surface area (TPSA) is 104 Å². The van der Waals surface area contributed by atoms with Gasteiger partial charge in [-0.3, -0.25) is 4.79 Å². The number of hydrogen-bond acceptors (Lipinski definition) is 4. The smallest absolute Gasteiger partial charge is 0.328 e. The van der Waals surface area contributed by atoms with Gasteiger partial charge in [0.05, 0.1) is 11.6 Å². The zero-order valence-corrected chi connectivity index (χ0v) is 7.91. The molecule has 0 saturated carbocycles. The van der Waals surface area contributed by atoms with Crippen molar-refractivity contribution < 1.29 is 24.6 Å². The molecule has 0 bridgehead atoms. The minimum Gasteiger partial charge on any atom is -0.478 e. The van der Waals surface area contributed by atoms with E-state index in [1.807, 2.05) is 0 Å². The van der Waals surface area contributed by atoms with Gasteiger partial charge in [0.15, 0.2) is 0 Å². The maximum Gasteiger partial charge on any atom is 0.328 e. The normalized spacial score (nSPS) is 14.4. The van der Waals surface area contributed by atoms with Crippen LogP contribution in [0.4, 0.5) is 0 Å². The summed E-state index contributed by atoms with van der Waals surface area (Å²) in [7, 11) is 0. The summed E-state index contributed by atoms with van der Waals surface area (Å²) >= 11 is 1.62. The Labute approximate surface area is 84.0 Å². The number of hydrogen-bond donors (Lipinski definition) is 3. The summed E-state index contributed by atoms with van der Waals surface area (Å²) in [5, 5.41) is 18.3. The number of carbonyl (C=O) groups is 3. The summed E-state index contributed by atoms with van der Waals surface area (Å²) in [6.45, 7) is 0. The van der Waals surface area contributed by atoms with Gasteiger partial charge in [0.25, 0.3) is 0 Å². The predicted molar refractivity (Wildman–Crippen MR) is 49.9 cm³/mol. The van der Waals surface area contributed by atoms with E-state index >= 15 is 0 Å². The molecule has 14 heavy (non-hydrogen) atoms. The fourth-order valence-corrected chi connectivity index (χ4v) is 1.12. The lowest BCUT2D eigenvalue weighted by atomic mass is 10.5. The maximum atomic E-state index is 10.1. The molecule has 0 atom stereocenters. The SMILES string of the molecule is O=C(O)/C=C/C(=O)O.O=C1CSCN1. The molecule has 0 spiro atoms. The molecule has 0 aromatic carbocycles. The van der Waals surface area contributed by atoms with Crippen molar-refractivity contribution in [3.8, 4) is 0 Å². The Hall–Kier alpha value is -1.50. The standard InChI is InChI=1S/C4H4O4.C3H5NOS/c5-3(6)1-2-4(7)8;5-3-1-6-2-4-3/h1-2H,(H,5,6)(H,7,8);1-2H2,(H,4,5)/b2-1+;. The third kappa shape index (κ3) is 8.60. The quantitative estimate of drug-likeness (QED) is 0.542. The summed E-state index contributed by atoms with van der Waals surface area (Å²) in [5.74, 6) is -0.890. The highest BCUT2D eigenvalue weighted by atomic mass is 32.2. The van der Waals surface area contributed by atoms with Gasteiger partial charge in [-0.15, -0.1) is 11.8 Å². The van der Waals surface area contributed by atoms with Crippen LogP contribution >= 0.6 is 11.8 Å². The highest BCUT2D eigenvalue weighted by Gasteiger charge is 2.05. The van der Waals surface area contributed by atoms with Crippen LogP contribution in [-0.4, -0.2) is 39.7 Å². The first kappa shape index (κ1) is 12.5. The maximum absolute atomic E-state index is 10.1. The fourth-order valence-electron chi connectivity index (χ4n) is 0.469. The number of rotatable bonds is 2. The van der Waals surface area contributed by atoms with Gasteiger partial charge in [0.2, 0.25) is 5.91 Å². The first-order valence-corrected chi connectivity index (χ1v) is 4.66. The Balaban J connectivity index is 0.000000249. The summed E-state index contributed by atoms with van der Waals surface area (Å²) in [6.07, 6.45) is 1.12. The molecule has 1 fully saturated rings. The van der Waals surface area contributed by atoms with Crippen LogP contribution in [0, 0.1) is 0 Å². The van der Waals surface area contributed by atoms with Crippen molar-refractivity contribution in [1.29, 1.82) is 0 Å². The molecule has 1 saturated heterocycles. The third-order valence-electron chi connectivity index (χ3n) is 0.973. The lowest BCUT2D eigenvalue weighted by Crippen LogP contribution is -2.14. The van der Waals surface area contributed by atoms with E-state index in [2.05, 4.69) is 5.32 Å². The molecular formula is C7H9NO5S. The molecule has 1 heterocycles. The Morgan fingerprint density at radius 1 is 1.29 bits per heavy atom. The van der Waals surface area contributed by atoms with Gasteiger partial charge >= 0.3 is 11.9 Å². The second kappa shape index (κ2) is 6.96. The van der Waals surface area contributed by atoms with Crippen LogP contribution in [0.5, 0.6) is 0 Å². The van der Waals surface area contributed by atoms with Crippen LogP contribution in [0.2, 0.25) is 0 Å². The van der Waals surface area contributed by atoms with Gasteiger partial charge < -0.3 is 15.5 Å². The van der Waals surface area contributed by atoms with Crippen LogP contribution in [0.15, 0.2) is 12.2 Å². The van der Waals surface area contributed by atoms with Crippen molar-refractivity contribution in [3.63, 3.8) is 0 Å². The molecule has 0 unspecified atom stereocenters. The monoisotopic (exact) mass is 219 g/mol. The molecule has 7 heteroatoms. The van der Waals surface area contributed by atoms with Crippen molar-refractivity contribution in [2.75, 3.05) is 11.6 Å². The molecule has 0 aliphatic carbocycles. The number of amides is 1. The van der Waals surface area contributed by atoms with E-state index in [-0.39, 0.29) is 5.91 Å². The van der Waals surface area contributed by atoms with E-state index in [4.69, 9.17) is 10.2 Å². The van der Waals surface area contributed by atoms with E-state index < -0.39 is 11.9 Å². The van der Waals surface area contributed by atoms with Gasteiger partial charge in [0, 0.05) is 12.2 Å². The number of thioether (sulfide) groups is 1. The summed E-state index contributed by atoms with van der Waals surface area (Å²) < 4.78 is 0. The van der Waals surface area contributed by atoms with Crippen molar-refractivity contribution in [3.05, 3.63) is 12.2 Å². The molecule has 6 nitrogen and oxygen atoms in total.